The zero-order chi connectivity index (χ0) is 15.6. The van der Waals surface area contributed by atoms with Gasteiger partial charge in [0.1, 0.15) is 23.2 Å². The number of amidine groups is 1. The average molecular weight is 354 g/mol. The third-order valence-corrected chi connectivity index (χ3v) is 3.51. The van der Waals surface area contributed by atoms with Gasteiger partial charge in [-0.25, -0.2) is 8.78 Å². The van der Waals surface area contributed by atoms with Crippen molar-refractivity contribution >= 4 is 27.5 Å². The highest BCUT2D eigenvalue weighted by molar-refractivity contribution is 9.10. The fraction of sp³-hybridized carbons (Fsp3) is 0.133. The van der Waals surface area contributed by atoms with Crippen molar-refractivity contribution in [3.63, 3.8) is 0 Å². The maximum Gasteiger partial charge on any atom is 0.150 e. The van der Waals surface area contributed by atoms with Crippen molar-refractivity contribution < 1.29 is 8.78 Å². The molecule has 0 aliphatic heterocycles. The zero-order valence-electron chi connectivity index (χ0n) is 11.3. The molecule has 0 radical (unpaired) electrons. The second-order valence-corrected chi connectivity index (χ2v) is 5.60. The Labute approximate surface area is 130 Å². The summed E-state index contributed by atoms with van der Waals surface area (Å²) in [6.07, 6.45) is 0. The largest absolute Gasteiger partial charge is 0.384 e. The molecule has 0 unspecified atom stereocenters. The topological polar surface area (TPSA) is 53.1 Å². The van der Waals surface area contributed by atoms with E-state index in [2.05, 4.69) is 15.9 Å². The van der Waals surface area contributed by atoms with Gasteiger partial charge in [-0.3, -0.25) is 5.41 Å². The lowest BCUT2D eigenvalue weighted by molar-refractivity contribution is 0.576. The van der Waals surface area contributed by atoms with Crippen LogP contribution in [0.1, 0.15) is 11.1 Å². The van der Waals surface area contributed by atoms with Crippen LogP contribution >= 0.6 is 15.9 Å². The molecule has 2 aromatic rings. The van der Waals surface area contributed by atoms with Gasteiger partial charge in [0.25, 0.3) is 0 Å². The van der Waals surface area contributed by atoms with Crippen molar-refractivity contribution in [1.82, 2.24) is 0 Å². The summed E-state index contributed by atoms with van der Waals surface area (Å²) in [5, 5.41) is 7.24. The maximum atomic E-state index is 14.1. The van der Waals surface area contributed by atoms with E-state index >= 15 is 0 Å². The molecule has 0 amide bonds. The molecule has 6 heteroatoms. The van der Waals surface area contributed by atoms with Gasteiger partial charge < -0.3 is 10.6 Å². The van der Waals surface area contributed by atoms with Gasteiger partial charge in [-0.1, -0.05) is 28.1 Å². The zero-order valence-corrected chi connectivity index (χ0v) is 12.9. The summed E-state index contributed by atoms with van der Waals surface area (Å²) in [5.74, 6) is -1.84. The number of anilines is 1. The van der Waals surface area contributed by atoms with Crippen molar-refractivity contribution in [2.75, 3.05) is 11.9 Å². The highest BCUT2D eigenvalue weighted by Crippen LogP contribution is 2.25. The maximum absolute atomic E-state index is 14.1. The molecule has 0 heterocycles. The number of hydrogen-bond acceptors (Lipinski definition) is 2. The Morgan fingerprint density at radius 2 is 1.86 bits per heavy atom. The molecule has 2 rings (SSSR count). The molecule has 110 valence electrons. The summed E-state index contributed by atoms with van der Waals surface area (Å²) >= 11 is 3.36. The third-order valence-electron chi connectivity index (χ3n) is 3.02. The second-order valence-electron chi connectivity index (χ2n) is 4.69. The van der Waals surface area contributed by atoms with Crippen molar-refractivity contribution in [1.29, 1.82) is 5.41 Å². The Morgan fingerprint density at radius 1 is 1.24 bits per heavy atom. The number of nitrogens with zero attached hydrogens (tertiary/aromatic N) is 1. The molecule has 3 nitrogen and oxygen atoms in total. The minimum Gasteiger partial charge on any atom is -0.384 e. The summed E-state index contributed by atoms with van der Waals surface area (Å²) in [4.78, 5) is 1.48. The SMILES string of the molecule is CN(Cc1cccc(Br)c1)c1c(F)cc(C(=N)N)cc1F. The van der Waals surface area contributed by atoms with Crippen LogP contribution in [0.15, 0.2) is 40.9 Å². The molecule has 0 aromatic heterocycles. The van der Waals surface area contributed by atoms with E-state index in [4.69, 9.17) is 11.1 Å². The lowest BCUT2D eigenvalue weighted by Crippen LogP contribution is -2.20. The van der Waals surface area contributed by atoms with Crippen LogP contribution in [0.5, 0.6) is 0 Å². The minimum atomic E-state index is -0.738. The van der Waals surface area contributed by atoms with Gasteiger partial charge in [-0.15, -0.1) is 0 Å². The first-order valence-electron chi connectivity index (χ1n) is 6.17. The number of nitrogens with one attached hydrogen (secondary N) is 1. The summed E-state index contributed by atoms with van der Waals surface area (Å²) < 4.78 is 29.0. The molecular formula is C15H14BrF2N3. The van der Waals surface area contributed by atoms with E-state index in [-0.39, 0.29) is 17.1 Å². The van der Waals surface area contributed by atoms with E-state index in [0.29, 0.717) is 6.54 Å². The van der Waals surface area contributed by atoms with E-state index in [0.717, 1.165) is 22.2 Å². The van der Waals surface area contributed by atoms with Gasteiger partial charge >= 0.3 is 0 Å². The van der Waals surface area contributed by atoms with Crippen LogP contribution in [0.2, 0.25) is 0 Å². The van der Waals surface area contributed by atoms with Crippen molar-refractivity contribution in [3.8, 4) is 0 Å². The predicted molar refractivity (Wildman–Crippen MR) is 83.6 cm³/mol. The van der Waals surface area contributed by atoms with Crippen LogP contribution in [0, 0.1) is 17.0 Å². The van der Waals surface area contributed by atoms with E-state index in [1.165, 1.54) is 4.90 Å². The average Bonchev–Trinajstić information content (AvgIpc) is 2.37. The molecule has 0 atom stereocenters. The molecule has 0 aliphatic carbocycles. The van der Waals surface area contributed by atoms with Gasteiger partial charge in [-0.2, -0.15) is 0 Å². The monoisotopic (exact) mass is 353 g/mol. The number of halogens is 3. The number of benzene rings is 2. The van der Waals surface area contributed by atoms with Crippen LogP contribution < -0.4 is 10.6 Å². The van der Waals surface area contributed by atoms with E-state index in [1.807, 2.05) is 24.3 Å². The lowest BCUT2D eigenvalue weighted by atomic mass is 10.1. The smallest absolute Gasteiger partial charge is 0.150 e. The summed E-state index contributed by atoms with van der Waals surface area (Å²) in [7, 11) is 1.61. The summed E-state index contributed by atoms with van der Waals surface area (Å²) in [6, 6.07) is 9.64. The van der Waals surface area contributed by atoms with Crippen molar-refractivity contribution in [3.05, 3.63) is 63.6 Å². The molecule has 3 N–H and O–H groups in total. The second kappa shape index (κ2) is 6.22. The molecule has 0 spiro atoms. The van der Waals surface area contributed by atoms with Gasteiger partial charge in [0.05, 0.1) is 0 Å². The Kier molecular flexibility index (Phi) is 4.57. The Bertz CT molecular complexity index is 665. The molecule has 21 heavy (non-hydrogen) atoms. The summed E-state index contributed by atoms with van der Waals surface area (Å²) in [6.45, 7) is 0.354. The van der Waals surface area contributed by atoms with E-state index < -0.39 is 11.6 Å². The van der Waals surface area contributed by atoms with Gasteiger partial charge in [0.2, 0.25) is 0 Å². The molecular weight excluding hydrogens is 340 g/mol. The number of rotatable bonds is 4. The first-order valence-corrected chi connectivity index (χ1v) is 6.97. The Morgan fingerprint density at radius 3 is 2.38 bits per heavy atom. The number of nitrogen functional groups attached to an aromatic ring is 1. The molecule has 0 aliphatic rings. The Hall–Kier alpha value is -1.95. The molecule has 0 bridgehead atoms. The standard InChI is InChI=1S/C15H14BrF2N3/c1-21(8-9-3-2-4-11(16)5-9)14-12(17)6-10(15(19)20)7-13(14)18/h2-7H,8H2,1H3,(H3,19,20). The van der Waals surface area contributed by atoms with Gasteiger partial charge in [0.15, 0.2) is 0 Å². The van der Waals surface area contributed by atoms with E-state index in [1.54, 1.807) is 7.05 Å². The molecule has 0 fully saturated rings. The van der Waals surface area contributed by atoms with Crippen LogP contribution in [-0.2, 0) is 6.54 Å². The first-order chi connectivity index (χ1) is 9.88. The number of hydrogen-bond donors (Lipinski definition) is 2. The highest BCUT2D eigenvalue weighted by atomic mass is 79.9. The van der Waals surface area contributed by atoms with Crippen molar-refractivity contribution in [2.45, 2.75) is 6.54 Å². The van der Waals surface area contributed by atoms with Crippen molar-refractivity contribution in [2.24, 2.45) is 5.73 Å². The molecule has 2 aromatic carbocycles. The van der Waals surface area contributed by atoms with Gasteiger partial charge in [-0.05, 0) is 29.8 Å². The fourth-order valence-corrected chi connectivity index (χ4v) is 2.52. The predicted octanol–water partition coefficient (Wildman–Crippen LogP) is 3.65. The Balaban J connectivity index is 2.31. The van der Waals surface area contributed by atoms with Crippen LogP contribution in [0.25, 0.3) is 0 Å². The number of nitrogens with two attached hydrogens (primary N) is 1. The first kappa shape index (κ1) is 15.4. The van der Waals surface area contributed by atoms with Crippen LogP contribution in [0.3, 0.4) is 0 Å². The molecule has 0 saturated heterocycles. The third kappa shape index (κ3) is 3.58. The quantitative estimate of drug-likeness (QED) is 0.651. The van der Waals surface area contributed by atoms with E-state index in [9.17, 15) is 8.78 Å². The summed E-state index contributed by atoms with van der Waals surface area (Å²) in [5.41, 5.74) is 6.06. The highest BCUT2D eigenvalue weighted by Gasteiger charge is 2.16. The van der Waals surface area contributed by atoms with Crippen LogP contribution in [-0.4, -0.2) is 12.9 Å². The fourth-order valence-electron chi connectivity index (χ4n) is 2.07. The van der Waals surface area contributed by atoms with Crippen LogP contribution in [0.4, 0.5) is 14.5 Å². The normalized spacial score (nSPS) is 10.5. The molecule has 0 saturated carbocycles. The van der Waals surface area contributed by atoms with Gasteiger partial charge in [0, 0.05) is 23.6 Å². The minimum absolute atomic E-state index is 0.0320. The lowest BCUT2D eigenvalue weighted by Gasteiger charge is -2.21.